The summed E-state index contributed by atoms with van der Waals surface area (Å²) in [7, 11) is 7.65. The monoisotopic (exact) mass is 1140 g/mol. The van der Waals surface area contributed by atoms with E-state index in [-0.39, 0.29) is 44.5 Å². The predicted molar refractivity (Wildman–Crippen MR) is 313 cm³/mol. The Labute approximate surface area is 478 Å². The fraction of sp³-hybridized carbons (Fsp3) is 0.467. The number of hydrazone groups is 1. The molecule has 20 heteroatoms. The van der Waals surface area contributed by atoms with E-state index in [0.29, 0.717) is 13.1 Å². The van der Waals surface area contributed by atoms with Crippen LogP contribution in [0.25, 0.3) is 10.8 Å². The number of phenols is 3. The molecule has 5 heterocycles. The molecule has 432 valence electrons. The summed E-state index contributed by atoms with van der Waals surface area (Å²) in [5, 5.41) is 67.6. The third-order valence-corrected chi connectivity index (χ3v) is 16.8. The number of benzene rings is 4. The van der Waals surface area contributed by atoms with E-state index in [2.05, 4.69) is 75.6 Å². The van der Waals surface area contributed by atoms with E-state index in [4.69, 9.17) is 30.5 Å². The molecule has 1 fully saturated rings. The Hall–Kier alpha value is -6.32. The minimum atomic E-state index is -2.04. The summed E-state index contributed by atoms with van der Waals surface area (Å²) in [6.07, 6.45) is 5.98. The number of methoxy groups -OCH3 is 1. The second kappa shape index (κ2) is 26.1. The van der Waals surface area contributed by atoms with E-state index in [9.17, 15) is 39.9 Å². The van der Waals surface area contributed by atoms with Gasteiger partial charge in [0.05, 0.1) is 64.4 Å². The number of hydrogen-bond acceptors (Lipinski definition) is 18. The predicted octanol–water partition coefficient (Wildman–Crippen LogP) is 9.23. The summed E-state index contributed by atoms with van der Waals surface area (Å²) in [6.45, 7) is 17.2. The van der Waals surface area contributed by atoms with Crippen LogP contribution in [-0.2, 0) is 23.8 Å². The van der Waals surface area contributed by atoms with Gasteiger partial charge in [-0.3, -0.25) is 19.4 Å². The van der Waals surface area contributed by atoms with Gasteiger partial charge in [-0.05, 0) is 84.4 Å². The van der Waals surface area contributed by atoms with Gasteiger partial charge in [-0.15, -0.1) is 0 Å². The molecule has 5 aliphatic rings. The van der Waals surface area contributed by atoms with Crippen molar-refractivity contribution < 1.29 is 58.9 Å². The maximum absolute atomic E-state index is 14.4. The van der Waals surface area contributed by atoms with Crippen molar-refractivity contribution in [2.75, 3.05) is 77.7 Å². The minimum Gasteiger partial charge on any atom is -0.507 e. The number of carbonyl (C=O) groups is 3. The van der Waals surface area contributed by atoms with Gasteiger partial charge >= 0.3 is 11.8 Å². The van der Waals surface area contributed by atoms with Crippen LogP contribution in [0.3, 0.4) is 0 Å². The quantitative estimate of drug-likeness (QED) is 0.0418. The standard InChI is InChI=1S/C43H58N4O12.C17H19ClN2S/c1-21-12-11-13-22(2)42(55)45-33-28(20-44-47-17-15-46(9)16-18-47)37(52)30-31(38(33)53)36(51)26(6)40-32(30)41(54)43(8,59-40)57-19-14-29(56-10)23(3)39(58-27(7)48)25(5)35(50)24(4)34(21)49;1-19(2)10-5-11-20-14-6-3-4-7-16(14)21-17-9-8-13(18)12-15(17)20/h11-14,19-21,23-25,29,34-35,39,49-53H,15-18H2,1-10H3,(H,45,55);3-4,6-9,12H,5,10-11H2,1-2H3/b12-11+,19-14+,22-13-,44-20-;/t21-,23+,24+,25+,29-,34-,35+,39+,43-;/m0./s1. The highest BCUT2D eigenvalue weighted by Crippen LogP contribution is 2.55. The van der Waals surface area contributed by atoms with Gasteiger partial charge in [0.15, 0.2) is 5.75 Å². The maximum atomic E-state index is 14.4. The van der Waals surface area contributed by atoms with Gasteiger partial charge in [-0.1, -0.05) is 81.4 Å². The number of aliphatic hydroxyl groups excluding tert-OH is 2. The highest BCUT2D eigenvalue weighted by atomic mass is 35.5. The Kier molecular flexibility index (Phi) is 20.0. The Morgan fingerprint density at radius 1 is 0.925 bits per heavy atom. The van der Waals surface area contributed by atoms with Crippen LogP contribution in [0, 0.1) is 30.6 Å². The number of aliphatic hydroxyl groups is 2. The average molecular weight is 1140 g/mol. The molecule has 4 aromatic rings. The van der Waals surface area contributed by atoms with Gasteiger partial charge in [0.2, 0.25) is 0 Å². The van der Waals surface area contributed by atoms with Crippen LogP contribution in [0.4, 0.5) is 17.1 Å². The maximum Gasteiger partial charge on any atom is 0.312 e. The zero-order valence-electron chi connectivity index (χ0n) is 47.7. The van der Waals surface area contributed by atoms with Crippen LogP contribution >= 0.6 is 23.4 Å². The summed E-state index contributed by atoms with van der Waals surface area (Å²) < 4.78 is 23.6. The van der Waals surface area contributed by atoms with Crippen molar-refractivity contribution in [2.24, 2.45) is 28.8 Å². The second-order valence-electron chi connectivity index (χ2n) is 21.6. The first-order valence-electron chi connectivity index (χ1n) is 26.9. The highest BCUT2D eigenvalue weighted by molar-refractivity contribution is 7.99. The fourth-order valence-electron chi connectivity index (χ4n) is 10.5. The minimum absolute atomic E-state index is 0.0559. The molecule has 5 bridgehead atoms. The third kappa shape index (κ3) is 13.2. The third-order valence-electron chi connectivity index (χ3n) is 15.4. The molecule has 0 saturated carbocycles. The number of fused-ring (bicyclic) bond motifs is 16. The lowest BCUT2D eigenvalue weighted by molar-refractivity contribution is -0.160. The molecule has 80 heavy (non-hydrogen) atoms. The molecular weight excluding hydrogens is 1060 g/mol. The first kappa shape index (κ1) is 61.3. The summed E-state index contributed by atoms with van der Waals surface area (Å²) in [6, 6.07) is 14.8. The molecule has 0 aliphatic carbocycles. The number of halogens is 1. The molecule has 1 saturated heterocycles. The van der Waals surface area contributed by atoms with E-state index in [1.54, 1.807) is 44.9 Å². The molecule has 1 amide bonds. The molecular formula is C60H77ClN6O12S. The normalized spacial score (nSPS) is 27.1. The number of esters is 1. The molecule has 0 radical (unpaired) electrons. The average Bonchev–Trinajstić information content (AvgIpc) is 3.89. The number of hydrogen-bond donors (Lipinski definition) is 6. The summed E-state index contributed by atoms with van der Waals surface area (Å²) in [5.41, 5.74) is 2.16. The van der Waals surface area contributed by atoms with E-state index in [1.807, 2.05) is 24.9 Å². The molecule has 5 aliphatic heterocycles. The largest absolute Gasteiger partial charge is 0.507 e. The van der Waals surface area contributed by atoms with Gasteiger partial charge < -0.3 is 64.5 Å². The van der Waals surface area contributed by atoms with Crippen LogP contribution < -0.4 is 15.0 Å². The summed E-state index contributed by atoms with van der Waals surface area (Å²) in [4.78, 5) is 49.8. The number of Topliss-reactive ketones (excluding diaryl/α,β-unsaturated/α-hetero) is 1. The van der Waals surface area contributed by atoms with Crippen LogP contribution in [0.5, 0.6) is 23.0 Å². The Morgan fingerprint density at radius 3 is 2.29 bits per heavy atom. The van der Waals surface area contributed by atoms with E-state index in [1.165, 1.54) is 80.6 Å². The van der Waals surface area contributed by atoms with Crippen molar-refractivity contribution in [2.45, 2.75) is 102 Å². The van der Waals surface area contributed by atoms with Crippen molar-refractivity contribution in [1.29, 1.82) is 0 Å². The number of phenolic OH excluding ortho intramolecular Hbond substituents is 3. The molecule has 4 aromatic carbocycles. The van der Waals surface area contributed by atoms with Crippen molar-refractivity contribution in [1.82, 2.24) is 14.8 Å². The molecule has 6 N–H and O–H groups in total. The smallest absolute Gasteiger partial charge is 0.312 e. The number of nitrogens with zero attached hydrogens (tertiary/aromatic N) is 5. The van der Waals surface area contributed by atoms with Gasteiger partial charge in [0.1, 0.15) is 23.4 Å². The number of nitrogens with one attached hydrogen (secondary N) is 1. The highest BCUT2D eigenvalue weighted by Gasteiger charge is 2.50. The fourth-order valence-corrected chi connectivity index (χ4v) is 11.8. The Balaban J connectivity index is 0.000000364. The van der Waals surface area contributed by atoms with E-state index in [0.717, 1.165) is 37.6 Å². The van der Waals surface area contributed by atoms with E-state index >= 15 is 0 Å². The summed E-state index contributed by atoms with van der Waals surface area (Å²) >= 11 is 8.03. The van der Waals surface area contributed by atoms with Gasteiger partial charge in [0.25, 0.3) is 11.7 Å². The number of para-hydroxylation sites is 1. The molecule has 0 aromatic heterocycles. The number of ether oxygens (including phenoxy) is 4. The van der Waals surface area contributed by atoms with Crippen LogP contribution in [-0.4, -0.2) is 162 Å². The number of ketones is 1. The second-order valence-corrected chi connectivity index (χ2v) is 23.1. The number of carbonyl (C=O) groups excluding carboxylic acids is 3. The van der Waals surface area contributed by atoms with Gasteiger partial charge in [-0.25, -0.2) is 0 Å². The molecule has 18 nitrogen and oxygen atoms in total. The summed E-state index contributed by atoms with van der Waals surface area (Å²) in [5.74, 6) is -8.34. The zero-order valence-corrected chi connectivity index (χ0v) is 49.3. The number of amides is 1. The van der Waals surface area contributed by atoms with Crippen LogP contribution in [0.2, 0.25) is 5.02 Å². The lowest BCUT2D eigenvalue weighted by Crippen LogP contribution is -2.46. The van der Waals surface area contributed by atoms with Crippen LogP contribution in [0.1, 0.15) is 76.4 Å². The SMILES string of the molecule is CN(C)CCCN1c2ccccc2Sc2ccc(Cl)cc21.CO[C@H]1/C=C/O[C@@]2(C)Oc3c(C)c(O)c4c(O)c(c(/C=N\N5CCN(C)CC5)c(O)c4c3C2=O)NC(=O)/C(C)=C\C=C\[C@H](C)[C@H](O)[C@@H](C)[C@@H](O)[C@@H](C)[C@H](OC(C)=O)[C@@H]1C. The van der Waals surface area contributed by atoms with E-state index < -0.39 is 88.8 Å². The van der Waals surface area contributed by atoms with Gasteiger partial charge in [-0.2, -0.15) is 5.10 Å². The first-order chi connectivity index (χ1) is 37.9. The topological polar surface area (TPSA) is 227 Å². The Bertz CT molecular complexity index is 3070. The Morgan fingerprint density at radius 2 is 1.61 bits per heavy atom. The van der Waals surface area contributed by atoms with Crippen molar-refractivity contribution in [3.8, 4) is 23.0 Å². The number of allylic oxidation sites excluding steroid dienone is 2. The number of rotatable bonds is 8. The molecule has 9 atom stereocenters. The lowest BCUT2D eigenvalue weighted by atomic mass is 9.78. The van der Waals surface area contributed by atoms with Crippen LogP contribution in [0.15, 0.2) is 93.5 Å². The lowest BCUT2D eigenvalue weighted by Gasteiger charge is -2.38. The number of aromatic hydroxyl groups is 3. The molecule has 0 unspecified atom stereocenters. The van der Waals surface area contributed by atoms with Crippen molar-refractivity contribution in [3.05, 3.63) is 100 Å². The molecule has 9 rings (SSSR count). The van der Waals surface area contributed by atoms with Crippen molar-refractivity contribution >= 4 is 75.1 Å². The van der Waals surface area contributed by atoms with Crippen molar-refractivity contribution in [3.63, 3.8) is 0 Å². The number of anilines is 3. The number of piperazine rings is 1. The zero-order chi connectivity index (χ0) is 58.5. The first-order valence-corrected chi connectivity index (χ1v) is 28.1. The number of likely N-dealkylation sites (N-methyl/N-ethyl adjacent to an activating group) is 1. The van der Waals surface area contributed by atoms with Gasteiger partial charge in [0, 0.05) is 109 Å². The molecule has 0 spiro atoms.